The minimum atomic E-state index is -0.389. The lowest BCUT2D eigenvalue weighted by Crippen LogP contribution is -2.02. The van der Waals surface area contributed by atoms with Crippen LogP contribution in [-0.2, 0) is 0 Å². The first-order valence-corrected chi connectivity index (χ1v) is 14.2. The molecule has 216 valence electrons. The van der Waals surface area contributed by atoms with Crippen molar-refractivity contribution in [3.63, 3.8) is 0 Å². The number of halogens is 2. The van der Waals surface area contributed by atoms with Gasteiger partial charge in [0, 0.05) is 27.2 Å². The molecule has 0 saturated heterocycles. The van der Waals surface area contributed by atoms with E-state index >= 15 is 0 Å². The molecule has 0 unspecified atom stereocenters. The van der Waals surface area contributed by atoms with E-state index in [0.717, 1.165) is 16.5 Å². The molecule has 8 nitrogen and oxygen atoms in total. The fourth-order valence-electron chi connectivity index (χ4n) is 4.84. The van der Waals surface area contributed by atoms with Gasteiger partial charge in [0.2, 0.25) is 16.8 Å². The Labute approximate surface area is 255 Å². The summed E-state index contributed by atoms with van der Waals surface area (Å²) in [6, 6.07) is 24.4. The number of hydrogen-bond donors (Lipinski definition) is 1. The Morgan fingerprint density at radius 1 is 0.814 bits per heavy atom. The molecule has 6 rings (SSSR count). The van der Waals surface area contributed by atoms with E-state index in [1.807, 2.05) is 36.4 Å². The predicted molar refractivity (Wildman–Crippen MR) is 164 cm³/mol. The van der Waals surface area contributed by atoms with Gasteiger partial charge in [0.1, 0.15) is 5.82 Å². The van der Waals surface area contributed by atoms with Crippen molar-refractivity contribution in [1.82, 2.24) is 19.7 Å². The zero-order valence-electron chi connectivity index (χ0n) is 23.2. The van der Waals surface area contributed by atoms with Crippen LogP contribution in [-0.4, -0.2) is 46.2 Å². The van der Waals surface area contributed by atoms with Gasteiger partial charge in [-0.2, -0.15) is 0 Å². The van der Waals surface area contributed by atoms with Crippen molar-refractivity contribution in [2.24, 2.45) is 0 Å². The standard InChI is InChI=1S/C32H24ClFN4O4S/c1-40-25-15-19(16-26(41-2)28(25)42-3)30-36-37-32(38(30)22-12-10-21(34)11-13-22)43-29-27(18-7-5-4-6-8-18)23-17-20(33)9-14-24(23)35-31(29)39/h4-17H,1-3H3,(H,35,39). The summed E-state index contributed by atoms with van der Waals surface area (Å²) in [6.45, 7) is 0. The summed E-state index contributed by atoms with van der Waals surface area (Å²) < 4.78 is 32.4. The van der Waals surface area contributed by atoms with Gasteiger partial charge in [0.25, 0.3) is 0 Å². The Morgan fingerprint density at radius 2 is 1.51 bits per heavy atom. The molecule has 0 aliphatic carbocycles. The number of benzene rings is 4. The van der Waals surface area contributed by atoms with E-state index < -0.39 is 0 Å². The summed E-state index contributed by atoms with van der Waals surface area (Å²) in [5.41, 5.74) is 3.37. The quantitative estimate of drug-likeness (QED) is 0.185. The number of aromatic hydroxyl groups is 1. The molecular weight excluding hydrogens is 591 g/mol. The normalized spacial score (nSPS) is 11.1. The molecule has 0 aliphatic rings. The van der Waals surface area contributed by atoms with Gasteiger partial charge in [-0.05, 0) is 71.9 Å². The Kier molecular flexibility index (Phi) is 7.79. The third-order valence-electron chi connectivity index (χ3n) is 6.78. The molecule has 1 N–H and O–H groups in total. The van der Waals surface area contributed by atoms with Crippen LogP contribution in [0.15, 0.2) is 95.0 Å². The molecule has 0 amide bonds. The fraction of sp³-hybridized carbons (Fsp3) is 0.0938. The third-order valence-corrected chi connectivity index (χ3v) is 8.05. The maximum atomic E-state index is 14.0. The smallest absolute Gasteiger partial charge is 0.226 e. The monoisotopic (exact) mass is 614 g/mol. The number of ether oxygens (including phenoxy) is 3. The molecule has 0 fully saturated rings. The maximum Gasteiger partial charge on any atom is 0.226 e. The predicted octanol–water partition coefficient (Wildman–Crippen LogP) is 7.82. The molecule has 0 atom stereocenters. The lowest BCUT2D eigenvalue weighted by atomic mass is 10.0. The van der Waals surface area contributed by atoms with E-state index in [1.165, 1.54) is 45.2 Å². The van der Waals surface area contributed by atoms with Crippen LogP contribution in [0.4, 0.5) is 4.39 Å². The molecule has 43 heavy (non-hydrogen) atoms. The number of hydrogen-bond acceptors (Lipinski definition) is 8. The molecular formula is C32H24ClFN4O4S. The van der Waals surface area contributed by atoms with Gasteiger partial charge in [-0.25, -0.2) is 9.37 Å². The first kappa shape index (κ1) is 28.3. The van der Waals surface area contributed by atoms with E-state index in [1.54, 1.807) is 41.0 Å². The highest BCUT2D eigenvalue weighted by atomic mass is 35.5. The van der Waals surface area contributed by atoms with Gasteiger partial charge in [-0.1, -0.05) is 41.9 Å². The van der Waals surface area contributed by atoms with Crippen molar-refractivity contribution < 1.29 is 23.7 Å². The summed E-state index contributed by atoms with van der Waals surface area (Å²) in [6.07, 6.45) is 0. The number of methoxy groups -OCH3 is 3. The van der Waals surface area contributed by atoms with Crippen molar-refractivity contribution in [2.75, 3.05) is 21.3 Å². The van der Waals surface area contributed by atoms with Crippen LogP contribution in [0.5, 0.6) is 23.1 Å². The van der Waals surface area contributed by atoms with E-state index in [2.05, 4.69) is 15.2 Å². The average molecular weight is 615 g/mol. The van der Waals surface area contributed by atoms with Crippen molar-refractivity contribution in [1.29, 1.82) is 0 Å². The molecule has 6 aromatic rings. The molecule has 11 heteroatoms. The SMILES string of the molecule is COc1cc(-c2nnc(Sc3c(O)nc4ccc(Cl)cc4c3-c3ccccc3)n2-c2ccc(F)cc2)cc(OC)c1OC. The highest BCUT2D eigenvalue weighted by molar-refractivity contribution is 7.99. The molecule has 4 aromatic carbocycles. The molecule has 0 bridgehead atoms. The first-order chi connectivity index (χ1) is 20.9. The van der Waals surface area contributed by atoms with Gasteiger partial charge >= 0.3 is 0 Å². The van der Waals surface area contributed by atoms with Crippen LogP contribution in [0.2, 0.25) is 5.02 Å². The minimum Gasteiger partial charge on any atom is -0.493 e. The second kappa shape index (κ2) is 11.8. The summed E-state index contributed by atoms with van der Waals surface area (Å²) in [4.78, 5) is 4.92. The Morgan fingerprint density at radius 3 is 2.16 bits per heavy atom. The number of pyridine rings is 1. The van der Waals surface area contributed by atoms with Crippen LogP contribution in [0, 0.1) is 5.82 Å². The van der Waals surface area contributed by atoms with Gasteiger partial charge in [-0.15, -0.1) is 10.2 Å². The summed E-state index contributed by atoms with van der Waals surface area (Å²) in [5, 5.41) is 22.0. The third kappa shape index (κ3) is 5.31. The maximum absolute atomic E-state index is 14.0. The van der Waals surface area contributed by atoms with E-state index in [0.29, 0.717) is 54.9 Å². The molecule has 0 radical (unpaired) electrons. The zero-order valence-corrected chi connectivity index (χ0v) is 24.8. The van der Waals surface area contributed by atoms with Crippen molar-refractivity contribution >= 4 is 34.3 Å². The van der Waals surface area contributed by atoms with Crippen LogP contribution in [0.1, 0.15) is 0 Å². The van der Waals surface area contributed by atoms with Gasteiger partial charge in [0.15, 0.2) is 17.3 Å². The highest BCUT2D eigenvalue weighted by Gasteiger charge is 2.25. The van der Waals surface area contributed by atoms with Crippen LogP contribution < -0.4 is 14.2 Å². The highest BCUT2D eigenvalue weighted by Crippen LogP contribution is 2.46. The van der Waals surface area contributed by atoms with Crippen molar-refractivity contribution in [3.05, 3.63) is 95.8 Å². The zero-order chi connectivity index (χ0) is 30.1. The lowest BCUT2D eigenvalue weighted by molar-refractivity contribution is 0.324. The summed E-state index contributed by atoms with van der Waals surface area (Å²) in [5.74, 6) is 1.14. The van der Waals surface area contributed by atoms with E-state index in [4.69, 9.17) is 25.8 Å². The number of fused-ring (bicyclic) bond motifs is 1. The van der Waals surface area contributed by atoms with E-state index in [-0.39, 0.29) is 11.7 Å². The average Bonchev–Trinajstić information content (AvgIpc) is 3.45. The molecule has 2 aromatic heterocycles. The summed E-state index contributed by atoms with van der Waals surface area (Å²) in [7, 11) is 4.58. The first-order valence-electron chi connectivity index (χ1n) is 13.0. The molecule has 0 saturated carbocycles. The Hall–Kier alpha value is -4.80. The molecule has 0 aliphatic heterocycles. The number of nitrogens with zero attached hydrogens (tertiary/aromatic N) is 4. The van der Waals surface area contributed by atoms with Crippen LogP contribution in [0.3, 0.4) is 0 Å². The lowest BCUT2D eigenvalue weighted by Gasteiger charge is -2.16. The Balaban J connectivity index is 1.59. The Bertz CT molecular complexity index is 1930. The fourth-order valence-corrected chi connectivity index (χ4v) is 6.03. The van der Waals surface area contributed by atoms with Gasteiger partial charge < -0.3 is 19.3 Å². The molecule has 0 spiro atoms. The number of aromatic nitrogens is 4. The van der Waals surface area contributed by atoms with E-state index in [9.17, 15) is 9.50 Å². The van der Waals surface area contributed by atoms with Crippen molar-refractivity contribution in [2.45, 2.75) is 10.1 Å². The van der Waals surface area contributed by atoms with Crippen LogP contribution in [0.25, 0.3) is 39.1 Å². The van der Waals surface area contributed by atoms with Crippen molar-refractivity contribution in [3.8, 4) is 51.3 Å². The second-order valence-electron chi connectivity index (χ2n) is 9.30. The minimum absolute atomic E-state index is 0.179. The second-order valence-corrected chi connectivity index (χ2v) is 10.7. The van der Waals surface area contributed by atoms with Crippen LogP contribution >= 0.6 is 23.4 Å². The van der Waals surface area contributed by atoms with Gasteiger partial charge in [-0.3, -0.25) is 4.57 Å². The topological polar surface area (TPSA) is 91.5 Å². The summed E-state index contributed by atoms with van der Waals surface area (Å²) >= 11 is 7.58. The van der Waals surface area contributed by atoms with Gasteiger partial charge in [0.05, 0.1) is 31.7 Å². The number of rotatable bonds is 8. The largest absolute Gasteiger partial charge is 0.493 e. The molecule has 2 heterocycles.